The summed E-state index contributed by atoms with van der Waals surface area (Å²) in [6, 6.07) is 6.83. The summed E-state index contributed by atoms with van der Waals surface area (Å²) in [5.41, 5.74) is 6.94. The molecule has 0 aromatic heterocycles. The lowest BCUT2D eigenvalue weighted by atomic mass is 9.94. The van der Waals surface area contributed by atoms with Crippen LogP contribution in [0.25, 0.3) is 0 Å². The van der Waals surface area contributed by atoms with Crippen LogP contribution in [0.4, 0.5) is 0 Å². The summed E-state index contributed by atoms with van der Waals surface area (Å²) in [4.78, 5) is 2.42. The van der Waals surface area contributed by atoms with Crippen molar-refractivity contribution in [3.05, 3.63) is 23.8 Å². The summed E-state index contributed by atoms with van der Waals surface area (Å²) < 4.78 is 11.4. The maximum absolute atomic E-state index is 5.73. The fourth-order valence-corrected chi connectivity index (χ4v) is 2.64. The molecule has 3 rings (SSSR count). The van der Waals surface area contributed by atoms with Crippen molar-refractivity contribution in [2.45, 2.75) is 18.9 Å². The Morgan fingerprint density at radius 2 is 2.06 bits per heavy atom. The number of fused-ring (bicyclic) bond motifs is 1. The zero-order chi connectivity index (χ0) is 12.4. The lowest BCUT2D eigenvalue weighted by Crippen LogP contribution is -2.43. The van der Waals surface area contributed by atoms with Crippen LogP contribution in [0, 0.1) is 0 Å². The van der Waals surface area contributed by atoms with Gasteiger partial charge in [-0.1, -0.05) is 6.07 Å². The third-order valence-corrected chi connectivity index (χ3v) is 3.70. The molecule has 0 aliphatic carbocycles. The molecule has 1 unspecified atom stereocenters. The van der Waals surface area contributed by atoms with Crippen LogP contribution < -0.4 is 15.2 Å². The Morgan fingerprint density at radius 3 is 2.78 bits per heavy atom. The molecule has 0 spiro atoms. The smallest absolute Gasteiger partial charge is 0.161 e. The standard InChI is InChI=1S/C14H20N2O2/c15-5-7-16-6-4-12(16)11-2-3-13-14(10-11)18-9-1-8-17-13/h2-3,10,12H,1,4-9,15H2. The summed E-state index contributed by atoms with van der Waals surface area (Å²) in [6.07, 6.45) is 2.16. The number of likely N-dealkylation sites (tertiary alicyclic amines) is 1. The topological polar surface area (TPSA) is 47.7 Å². The maximum atomic E-state index is 5.73. The molecule has 4 nitrogen and oxygen atoms in total. The SMILES string of the molecule is NCCN1CCC1c1ccc2c(c1)OCCCO2. The highest BCUT2D eigenvalue weighted by Crippen LogP contribution is 2.38. The van der Waals surface area contributed by atoms with Crippen molar-refractivity contribution in [1.29, 1.82) is 0 Å². The van der Waals surface area contributed by atoms with Gasteiger partial charge in [-0.25, -0.2) is 0 Å². The van der Waals surface area contributed by atoms with Crippen molar-refractivity contribution >= 4 is 0 Å². The van der Waals surface area contributed by atoms with Gasteiger partial charge >= 0.3 is 0 Å². The Labute approximate surface area is 108 Å². The molecule has 1 atom stereocenters. The molecule has 0 bridgehead atoms. The van der Waals surface area contributed by atoms with E-state index in [1.54, 1.807) is 0 Å². The van der Waals surface area contributed by atoms with E-state index in [0.717, 1.165) is 50.8 Å². The average molecular weight is 248 g/mol. The first-order valence-electron chi connectivity index (χ1n) is 6.72. The number of hydrogen-bond donors (Lipinski definition) is 1. The van der Waals surface area contributed by atoms with Gasteiger partial charge in [0, 0.05) is 32.1 Å². The van der Waals surface area contributed by atoms with Crippen LogP contribution in [0.2, 0.25) is 0 Å². The van der Waals surface area contributed by atoms with Crippen molar-refractivity contribution in [3.63, 3.8) is 0 Å². The quantitative estimate of drug-likeness (QED) is 0.881. The monoisotopic (exact) mass is 248 g/mol. The van der Waals surface area contributed by atoms with Crippen molar-refractivity contribution in [2.75, 3.05) is 32.8 Å². The number of nitrogens with two attached hydrogens (primary N) is 1. The minimum absolute atomic E-state index is 0.505. The van der Waals surface area contributed by atoms with E-state index in [9.17, 15) is 0 Å². The van der Waals surface area contributed by atoms with Gasteiger partial charge in [0.15, 0.2) is 11.5 Å². The van der Waals surface area contributed by atoms with Crippen LogP contribution in [-0.2, 0) is 0 Å². The molecule has 0 amide bonds. The number of ether oxygens (including phenoxy) is 2. The van der Waals surface area contributed by atoms with Gasteiger partial charge in [-0.2, -0.15) is 0 Å². The van der Waals surface area contributed by atoms with E-state index in [-0.39, 0.29) is 0 Å². The van der Waals surface area contributed by atoms with Gasteiger partial charge < -0.3 is 15.2 Å². The third kappa shape index (κ3) is 2.18. The molecule has 1 aromatic rings. The van der Waals surface area contributed by atoms with E-state index >= 15 is 0 Å². The van der Waals surface area contributed by atoms with Crippen LogP contribution in [0.1, 0.15) is 24.4 Å². The molecular weight excluding hydrogens is 228 g/mol. The largest absolute Gasteiger partial charge is 0.490 e. The Hall–Kier alpha value is -1.26. The molecule has 1 fully saturated rings. The second-order valence-electron chi connectivity index (χ2n) is 4.89. The normalized spacial score (nSPS) is 23.3. The summed E-state index contributed by atoms with van der Waals surface area (Å²) >= 11 is 0. The number of hydrogen-bond acceptors (Lipinski definition) is 4. The zero-order valence-electron chi connectivity index (χ0n) is 10.6. The van der Waals surface area contributed by atoms with Gasteiger partial charge in [-0.05, 0) is 24.1 Å². The van der Waals surface area contributed by atoms with Gasteiger partial charge in [0.05, 0.1) is 13.2 Å². The fourth-order valence-electron chi connectivity index (χ4n) is 2.64. The molecule has 4 heteroatoms. The Morgan fingerprint density at radius 1 is 1.22 bits per heavy atom. The van der Waals surface area contributed by atoms with E-state index < -0.39 is 0 Å². The first-order chi connectivity index (χ1) is 8.88. The molecule has 2 aliphatic rings. The molecule has 0 saturated carbocycles. The Balaban J connectivity index is 1.79. The Kier molecular flexibility index (Phi) is 3.39. The van der Waals surface area contributed by atoms with E-state index in [1.165, 1.54) is 12.0 Å². The van der Waals surface area contributed by atoms with Crippen molar-refractivity contribution < 1.29 is 9.47 Å². The summed E-state index contributed by atoms with van der Waals surface area (Å²) in [5, 5.41) is 0. The van der Waals surface area contributed by atoms with Crippen LogP contribution in [0.3, 0.4) is 0 Å². The van der Waals surface area contributed by atoms with Crippen LogP contribution >= 0.6 is 0 Å². The van der Waals surface area contributed by atoms with Gasteiger partial charge in [0.2, 0.25) is 0 Å². The summed E-state index contributed by atoms with van der Waals surface area (Å²) in [6.45, 7) is 4.33. The van der Waals surface area contributed by atoms with Crippen molar-refractivity contribution in [3.8, 4) is 11.5 Å². The van der Waals surface area contributed by atoms with Crippen LogP contribution in [-0.4, -0.2) is 37.7 Å². The zero-order valence-corrected chi connectivity index (χ0v) is 10.6. The predicted octanol–water partition coefficient (Wildman–Crippen LogP) is 1.55. The molecule has 0 radical (unpaired) electrons. The molecular formula is C14H20N2O2. The lowest BCUT2D eigenvalue weighted by Gasteiger charge is -2.41. The van der Waals surface area contributed by atoms with Crippen molar-refractivity contribution in [1.82, 2.24) is 4.90 Å². The molecule has 1 aromatic carbocycles. The van der Waals surface area contributed by atoms with Gasteiger partial charge in [0.25, 0.3) is 0 Å². The van der Waals surface area contributed by atoms with Gasteiger partial charge in [-0.15, -0.1) is 0 Å². The Bertz CT molecular complexity index is 422. The van der Waals surface area contributed by atoms with E-state index in [4.69, 9.17) is 15.2 Å². The van der Waals surface area contributed by atoms with E-state index in [0.29, 0.717) is 6.04 Å². The highest BCUT2D eigenvalue weighted by atomic mass is 16.5. The van der Waals surface area contributed by atoms with Crippen molar-refractivity contribution in [2.24, 2.45) is 5.73 Å². The maximum Gasteiger partial charge on any atom is 0.161 e. The minimum Gasteiger partial charge on any atom is -0.490 e. The molecule has 2 heterocycles. The van der Waals surface area contributed by atoms with Gasteiger partial charge in [0.1, 0.15) is 0 Å². The second-order valence-corrected chi connectivity index (χ2v) is 4.89. The van der Waals surface area contributed by atoms with Gasteiger partial charge in [-0.3, -0.25) is 4.90 Å². The van der Waals surface area contributed by atoms with Crippen LogP contribution in [0.15, 0.2) is 18.2 Å². The number of nitrogens with zero attached hydrogens (tertiary/aromatic N) is 1. The predicted molar refractivity (Wildman–Crippen MR) is 70.0 cm³/mol. The molecule has 98 valence electrons. The first kappa shape index (κ1) is 11.8. The third-order valence-electron chi connectivity index (χ3n) is 3.70. The highest BCUT2D eigenvalue weighted by molar-refractivity contribution is 5.44. The number of rotatable bonds is 3. The molecule has 2 aliphatic heterocycles. The second kappa shape index (κ2) is 5.16. The molecule has 2 N–H and O–H groups in total. The van der Waals surface area contributed by atoms with E-state index in [1.807, 2.05) is 6.07 Å². The van der Waals surface area contributed by atoms with Crippen LogP contribution in [0.5, 0.6) is 11.5 Å². The number of benzene rings is 1. The summed E-state index contributed by atoms with van der Waals surface area (Å²) in [7, 11) is 0. The average Bonchev–Trinajstić information content (AvgIpc) is 2.59. The molecule has 18 heavy (non-hydrogen) atoms. The first-order valence-corrected chi connectivity index (χ1v) is 6.72. The minimum atomic E-state index is 0.505. The lowest BCUT2D eigenvalue weighted by molar-refractivity contribution is 0.0948. The summed E-state index contributed by atoms with van der Waals surface area (Å²) in [5.74, 6) is 1.77. The molecule has 1 saturated heterocycles. The fraction of sp³-hybridized carbons (Fsp3) is 0.571. The van der Waals surface area contributed by atoms with E-state index in [2.05, 4.69) is 17.0 Å². The highest BCUT2D eigenvalue weighted by Gasteiger charge is 2.29.